The molecule has 4 heteroatoms. The second-order valence-corrected chi connectivity index (χ2v) is 4.58. The number of alkyl halides is 1. The summed E-state index contributed by atoms with van der Waals surface area (Å²) < 4.78 is 0. The molecule has 0 saturated carbocycles. The number of aryl methyl sites for hydroxylation is 1. The van der Waals surface area contributed by atoms with Crippen LogP contribution in [-0.2, 0) is 6.42 Å². The molecule has 0 spiro atoms. The number of hydrogen-bond acceptors (Lipinski definition) is 1. The van der Waals surface area contributed by atoms with Crippen LogP contribution in [0.25, 0.3) is 10.4 Å². The van der Waals surface area contributed by atoms with E-state index in [9.17, 15) is 0 Å². The molecule has 0 amide bonds. The summed E-state index contributed by atoms with van der Waals surface area (Å²) in [6, 6.07) is 8.12. The Kier molecular flexibility index (Phi) is 2.75. The maximum Gasteiger partial charge on any atom is 0.0753 e. The van der Waals surface area contributed by atoms with Crippen molar-refractivity contribution in [1.82, 2.24) is 0 Å². The predicted molar refractivity (Wildman–Crippen MR) is 59.4 cm³/mol. The molecule has 0 aromatic heterocycles. The van der Waals surface area contributed by atoms with Crippen LogP contribution in [0.15, 0.2) is 29.4 Å². The third-order valence-corrected chi connectivity index (χ3v) is 3.54. The molecule has 72 valence electrons. The van der Waals surface area contributed by atoms with E-state index >= 15 is 0 Å². The van der Waals surface area contributed by atoms with Gasteiger partial charge in [-0.1, -0.05) is 45.3 Å². The fourth-order valence-corrected chi connectivity index (χ4v) is 2.51. The fourth-order valence-electron chi connectivity index (χ4n) is 1.89. The SMILES string of the molecule is [N-]=[N+]=N[C@@H]1c2ccccc2CC[C@H]1Br. The van der Waals surface area contributed by atoms with Crippen LogP contribution in [0.1, 0.15) is 23.6 Å². The summed E-state index contributed by atoms with van der Waals surface area (Å²) in [5.41, 5.74) is 11.0. The molecule has 1 aliphatic rings. The Balaban J connectivity index is 2.45. The highest BCUT2D eigenvalue weighted by atomic mass is 79.9. The van der Waals surface area contributed by atoms with Gasteiger partial charge >= 0.3 is 0 Å². The topological polar surface area (TPSA) is 48.8 Å². The van der Waals surface area contributed by atoms with Crippen LogP contribution >= 0.6 is 15.9 Å². The van der Waals surface area contributed by atoms with E-state index in [4.69, 9.17) is 5.53 Å². The molecule has 0 fully saturated rings. The van der Waals surface area contributed by atoms with E-state index in [2.05, 4.69) is 32.0 Å². The minimum atomic E-state index is -0.0510. The second-order valence-electron chi connectivity index (χ2n) is 3.40. The minimum absolute atomic E-state index is 0.0510. The van der Waals surface area contributed by atoms with Gasteiger partial charge in [-0.2, -0.15) is 0 Å². The van der Waals surface area contributed by atoms with Gasteiger partial charge in [0.25, 0.3) is 0 Å². The van der Waals surface area contributed by atoms with Gasteiger partial charge < -0.3 is 0 Å². The lowest BCUT2D eigenvalue weighted by Gasteiger charge is -2.26. The summed E-state index contributed by atoms with van der Waals surface area (Å²) in [5, 5.41) is 3.84. The van der Waals surface area contributed by atoms with Gasteiger partial charge in [-0.25, -0.2) is 0 Å². The summed E-state index contributed by atoms with van der Waals surface area (Å²) >= 11 is 3.56. The number of nitrogens with zero attached hydrogens (tertiary/aromatic N) is 3. The van der Waals surface area contributed by atoms with E-state index in [1.165, 1.54) is 11.1 Å². The smallest absolute Gasteiger partial charge is 0.0753 e. The van der Waals surface area contributed by atoms with Crippen molar-refractivity contribution in [3.63, 3.8) is 0 Å². The van der Waals surface area contributed by atoms with Crippen molar-refractivity contribution in [2.24, 2.45) is 5.11 Å². The van der Waals surface area contributed by atoms with Crippen LogP contribution in [0.5, 0.6) is 0 Å². The number of benzene rings is 1. The van der Waals surface area contributed by atoms with E-state index in [0.717, 1.165) is 12.8 Å². The zero-order valence-corrected chi connectivity index (χ0v) is 9.18. The Morgan fingerprint density at radius 2 is 2.21 bits per heavy atom. The molecule has 2 rings (SSSR count). The zero-order valence-electron chi connectivity index (χ0n) is 7.60. The molecule has 0 aliphatic heterocycles. The Morgan fingerprint density at radius 1 is 1.43 bits per heavy atom. The third kappa shape index (κ3) is 1.63. The minimum Gasteiger partial charge on any atom is -0.0883 e. The Labute approximate surface area is 90.9 Å². The summed E-state index contributed by atoms with van der Waals surface area (Å²) in [4.78, 5) is 3.18. The number of hydrogen-bond donors (Lipinski definition) is 0. The lowest BCUT2D eigenvalue weighted by atomic mass is 9.88. The summed E-state index contributed by atoms with van der Waals surface area (Å²) in [7, 11) is 0. The molecule has 0 unspecified atom stereocenters. The Hall–Kier alpha value is -0.990. The van der Waals surface area contributed by atoms with Crippen LogP contribution in [0.4, 0.5) is 0 Å². The third-order valence-electron chi connectivity index (χ3n) is 2.58. The van der Waals surface area contributed by atoms with Crippen LogP contribution in [0.2, 0.25) is 0 Å². The zero-order chi connectivity index (χ0) is 9.97. The second kappa shape index (κ2) is 4.03. The van der Waals surface area contributed by atoms with E-state index in [-0.39, 0.29) is 10.9 Å². The molecule has 0 heterocycles. The van der Waals surface area contributed by atoms with E-state index in [1.807, 2.05) is 18.2 Å². The van der Waals surface area contributed by atoms with E-state index < -0.39 is 0 Å². The quantitative estimate of drug-likeness (QED) is 0.316. The predicted octanol–water partition coefficient (Wildman–Crippen LogP) is 3.75. The van der Waals surface area contributed by atoms with Crippen LogP contribution in [-0.4, -0.2) is 4.83 Å². The molecule has 0 saturated heterocycles. The van der Waals surface area contributed by atoms with Crippen LogP contribution < -0.4 is 0 Å². The summed E-state index contributed by atoms with van der Waals surface area (Å²) in [6.45, 7) is 0. The molecule has 1 aromatic carbocycles. The fraction of sp³-hybridized carbons (Fsp3) is 0.400. The van der Waals surface area contributed by atoms with Crippen LogP contribution in [0, 0.1) is 0 Å². The van der Waals surface area contributed by atoms with Gasteiger partial charge in [-0.05, 0) is 29.5 Å². The molecule has 1 aromatic rings. The van der Waals surface area contributed by atoms with Gasteiger partial charge in [-0.3, -0.25) is 0 Å². The number of halogens is 1. The first-order valence-electron chi connectivity index (χ1n) is 4.59. The average Bonchev–Trinajstić information content (AvgIpc) is 2.23. The first-order valence-corrected chi connectivity index (χ1v) is 5.50. The van der Waals surface area contributed by atoms with Crippen LogP contribution in [0.3, 0.4) is 0 Å². The highest BCUT2D eigenvalue weighted by Gasteiger charge is 2.26. The molecule has 0 radical (unpaired) electrons. The molecular weight excluding hydrogens is 242 g/mol. The average molecular weight is 252 g/mol. The van der Waals surface area contributed by atoms with Crippen molar-refractivity contribution in [3.05, 3.63) is 45.8 Å². The van der Waals surface area contributed by atoms with Crippen molar-refractivity contribution in [2.75, 3.05) is 0 Å². The largest absolute Gasteiger partial charge is 0.0883 e. The normalized spacial score (nSPS) is 24.9. The highest BCUT2D eigenvalue weighted by molar-refractivity contribution is 9.09. The molecular formula is C10H10BrN3. The maximum atomic E-state index is 8.50. The molecule has 2 atom stereocenters. The Morgan fingerprint density at radius 3 is 3.00 bits per heavy atom. The number of fused-ring (bicyclic) bond motifs is 1. The van der Waals surface area contributed by atoms with Gasteiger partial charge in [0.2, 0.25) is 0 Å². The maximum absolute atomic E-state index is 8.50. The van der Waals surface area contributed by atoms with Gasteiger partial charge in [0.05, 0.1) is 6.04 Å². The van der Waals surface area contributed by atoms with Crippen molar-refractivity contribution in [2.45, 2.75) is 23.7 Å². The summed E-state index contributed by atoms with van der Waals surface area (Å²) in [5.74, 6) is 0. The molecule has 0 N–H and O–H groups in total. The number of rotatable bonds is 1. The number of azide groups is 1. The first kappa shape index (κ1) is 9.56. The van der Waals surface area contributed by atoms with Crippen molar-refractivity contribution >= 4 is 15.9 Å². The molecule has 14 heavy (non-hydrogen) atoms. The van der Waals surface area contributed by atoms with Gasteiger partial charge in [0.1, 0.15) is 0 Å². The van der Waals surface area contributed by atoms with Crippen molar-refractivity contribution in [1.29, 1.82) is 0 Å². The molecule has 0 bridgehead atoms. The summed E-state index contributed by atoms with van der Waals surface area (Å²) in [6.07, 6.45) is 2.09. The molecule has 3 nitrogen and oxygen atoms in total. The Bertz CT molecular complexity index is 385. The first-order chi connectivity index (χ1) is 6.83. The van der Waals surface area contributed by atoms with E-state index in [0.29, 0.717) is 0 Å². The molecule has 1 aliphatic carbocycles. The van der Waals surface area contributed by atoms with Gasteiger partial charge in [-0.15, -0.1) is 0 Å². The van der Waals surface area contributed by atoms with E-state index in [1.54, 1.807) is 0 Å². The van der Waals surface area contributed by atoms with Gasteiger partial charge in [0.15, 0.2) is 0 Å². The van der Waals surface area contributed by atoms with Crippen molar-refractivity contribution in [3.8, 4) is 0 Å². The standard InChI is InChI=1S/C10H10BrN3/c11-9-6-5-7-3-1-2-4-8(7)10(9)13-14-12/h1-4,9-10H,5-6H2/t9-,10-/m1/s1. The lowest BCUT2D eigenvalue weighted by molar-refractivity contribution is 0.592. The van der Waals surface area contributed by atoms with Gasteiger partial charge in [0, 0.05) is 9.74 Å². The van der Waals surface area contributed by atoms with Crippen molar-refractivity contribution < 1.29 is 0 Å². The lowest BCUT2D eigenvalue weighted by Crippen LogP contribution is -2.18. The monoisotopic (exact) mass is 251 g/mol. The highest BCUT2D eigenvalue weighted by Crippen LogP contribution is 2.36.